The van der Waals surface area contributed by atoms with Crippen molar-refractivity contribution >= 4 is 45.1 Å². The van der Waals surface area contributed by atoms with Crippen molar-refractivity contribution in [3.63, 3.8) is 0 Å². The summed E-state index contributed by atoms with van der Waals surface area (Å²) in [4.78, 5) is 11.9. The summed E-state index contributed by atoms with van der Waals surface area (Å²) in [7, 11) is -0.761. The molecular weight excluding hydrogens is 344 g/mol. The Balaban J connectivity index is 1.90. The molecule has 25 heavy (non-hydrogen) atoms. The molecule has 0 spiro atoms. The predicted molar refractivity (Wildman–Crippen MR) is 98.1 cm³/mol. The second kappa shape index (κ2) is 6.27. The van der Waals surface area contributed by atoms with Crippen molar-refractivity contribution in [1.29, 1.82) is 0 Å². The lowest BCUT2D eigenvalue weighted by molar-refractivity contribution is 0.0636. The number of ether oxygens (including phenoxy) is 1. The van der Waals surface area contributed by atoms with E-state index in [-0.39, 0.29) is 0 Å². The third-order valence-corrected chi connectivity index (χ3v) is 4.57. The van der Waals surface area contributed by atoms with E-state index in [1.54, 1.807) is 32.9 Å². The summed E-state index contributed by atoms with van der Waals surface area (Å²) >= 11 is 1.34. The molecule has 2 aromatic rings. The first-order valence-corrected chi connectivity index (χ1v) is 8.87. The summed E-state index contributed by atoms with van der Waals surface area (Å²) in [6, 6.07) is 4.79. The van der Waals surface area contributed by atoms with E-state index in [1.165, 1.54) is 17.4 Å². The second-order valence-corrected chi connectivity index (χ2v) is 8.71. The molecule has 5 nitrogen and oxygen atoms in total. The maximum atomic E-state index is 14.5. The molecule has 1 aromatic heterocycles. The average Bonchev–Trinajstić information content (AvgIpc) is 2.99. The Morgan fingerprint density at radius 1 is 1.40 bits per heavy atom. The van der Waals surface area contributed by atoms with E-state index < -0.39 is 30.2 Å². The number of thiophene rings is 1. The van der Waals surface area contributed by atoms with Crippen molar-refractivity contribution in [3.8, 4) is 0 Å². The fourth-order valence-electron chi connectivity index (χ4n) is 2.59. The number of carbonyl (C=O) groups excluding carboxylic acids is 1. The topological polar surface area (TPSA) is 56.8 Å². The van der Waals surface area contributed by atoms with Crippen LogP contribution in [0.3, 0.4) is 0 Å². The minimum absolute atomic E-state index is 0.358. The highest BCUT2D eigenvalue weighted by molar-refractivity contribution is 7.23. The lowest BCUT2D eigenvalue weighted by atomic mass is 9.76. The number of carbonyl (C=O) groups is 1. The molecule has 8 heteroatoms. The standard InChI is InChI=1S/C17H21BFNO4S/c1-16(2,3)23-15(21)20-13-8-10-12(25-13)7-6-11(19)14(10)18-22-9-17(4,5)24-18/h6-8H,9H2,1-5H3,(H,20,21). The van der Waals surface area contributed by atoms with Gasteiger partial charge in [0.2, 0.25) is 0 Å². The average molecular weight is 365 g/mol. The first-order valence-electron chi connectivity index (χ1n) is 8.05. The minimum atomic E-state index is -0.761. The van der Waals surface area contributed by atoms with Gasteiger partial charge in [-0.25, -0.2) is 9.18 Å². The highest BCUT2D eigenvalue weighted by Crippen LogP contribution is 2.31. The van der Waals surface area contributed by atoms with Crippen LogP contribution in [0.5, 0.6) is 0 Å². The normalized spacial score (nSPS) is 17.1. The zero-order valence-corrected chi connectivity index (χ0v) is 15.8. The molecule has 1 fully saturated rings. The van der Waals surface area contributed by atoms with Gasteiger partial charge in [0.05, 0.1) is 17.2 Å². The lowest BCUT2D eigenvalue weighted by Gasteiger charge is -2.19. The van der Waals surface area contributed by atoms with Crippen LogP contribution in [0.15, 0.2) is 18.2 Å². The van der Waals surface area contributed by atoms with Crippen LogP contribution in [0.4, 0.5) is 14.2 Å². The van der Waals surface area contributed by atoms with Gasteiger partial charge in [-0.15, -0.1) is 11.3 Å². The Labute approximate surface area is 150 Å². The number of fused-ring (bicyclic) bond motifs is 1. The molecule has 1 saturated heterocycles. The molecule has 0 radical (unpaired) electrons. The van der Waals surface area contributed by atoms with E-state index in [0.29, 0.717) is 22.5 Å². The Kier molecular flexibility index (Phi) is 4.55. The quantitative estimate of drug-likeness (QED) is 0.820. The van der Waals surface area contributed by atoms with Gasteiger partial charge in [0.1, 0.15) is 11.4 Å². The third kappa shape index (κ3) is 4.13. The molecule has 3 rings (SSSR count). The van der Waals surface area contributed by atoms with Gasteiger partial charge in [0, 0.05) is 10.2 Å². The molecule has 0 aliphatic carbocycles. The molecule has 1 aliphatic rings. The Morgan fingerprint density at radius 3 is 2.72 bits per heavy atom. The Bertz CT molecular complexity index is 815. The van der Waals surface area contributed by atoms with Gasteiger partial charge >= 0.3 is 13.2 Å². The summed E-state index contributed by atoms with van der Waals surface area (Å²) in [5, 5.41) is 3.94. The van der Waals surface area contributed by atoms with Crippen molar-refractivity contribution in [3.05, 3.63) is 24.0 Å². The van der Waals surface area contributed by atoms with E-state index in [9.17, 15) is 9.18 Å². The molecule has 1 N–H and O–H groups in total. The van der Waals surface area contributed by atoms with Crippen molar-refractivity contribution in [2.45, 2.75) is 45.8 Å². The summed E-state index contributed by atoms with van der Waals surface area (Å²) in [6.07, 6.45) is -0.546. The van der Waals surface area contributed by atoms with E-state index in [2.05, 4.69) is 5.32 Å². The van der Waals surface area contributed by atoms with Crippen molar-refractivity contribution in [2.24, 2.45) is 0 Å². The molecule has 0 unspecified atom stereocenters. The SMILES string of the molecule is CC(C)(C)OC(=O)Nc1cc2c(B3OCC(C)(C)O3)c(F)ccc2s1. The van der Waals surface area contributed by atoms with Gasteiger partial charge in [-0.2, -0.15) is 0 Å². The molecule has 2 heterocycles. The maximum Gasteiger partial charge on any atom is 0.498 e. The number of amides is 1. The van der Waals surface area contributed by atoms with Crippen LogP contribution in [0.25, 0.3) is 10.1 Å². The Hall–Kier alpha value is -1.64. The van der Waals surface area contributed by atoms with Gasteiger partial charge in [-0.3, -0.25) is 5.32 Å². The number of hydrogen-bond acceptors (Lipinski definition) is 5. The third-order valence-electron chi connectivity index (χ3n) is 3.56. The molecular formula is C17H21BFNO4S. The van der Waals surface area contributed by atoms with Crippen LogP contribution < -0.4 is 10.8 Å². The van der Waals surface area contributed by atoms with Crippen LogP contribution in [0.2, 0.25) is 0 Å². The summed E-state index contributed by atoms with van der Waals surface area (Å²) in [5.74, 6) is -0.392. The number of rotatable bonds is 2. The van der Waals surface area contributed by atoms with Gasteiger partial charge in [-0.1, -0.05) is 0 Å². The van der Waals surface area contributed by atoms with Crippen LogP contribution in [0, 0.1) is 5.82 Å². The number of nitrogens with one attached hydrogen (secondary N) is 1. The molecule has 1 aliphatic heterocycles. The fraction of sp³-hybridized carbons (Fsp3) is 0.471. The number of hydrogen-bond donors (Lipinski definition) is 1. The van der Waals surface area contributed by atoms with E-state index in [1.807, 2.05) is 13.8 Å². The van der Waals surface area contributed by atoms with Gasteiger partial charge in [0.25, 0.3) is 0 Å². The van der Waals surface area contributed by atoms with Crippen LogP contribution in [-0.4, -0.2) is 31.0 Å². The van der Waals surface area contributed by atoms with Gasteiger partial charge in [0.15, 0.2) is 0 Å². The second-order valence-electron chi connectivity index (χ2n) is 7.63. The molecule has 0 saturated carbocycles. The van der Waals surface area contributed by atoms with E-state index in [0.717, 1.165) is 4.70 Å². The monoisotopic (exact) mass is 365 g/mol. The van der Waals surface area contributed by atoms with Crippen LogP contribution in [-0.2, 0) is 14.0 Å². The number of benzene rings is 1. The highest BCUT2D eigenvalue weighted by Gasteiger charge is 2.40. The molecule has 1 amide bonds. The van der Waals surface area contributed by atoms with Crippen molar-refractivity contribution in [1.82, 2.24) is 0 Å². The van der Waals surface area contributed by atoms with Crippen LogP contribution in [0.1, 0.15) is 34.6 Å². The van der Waals surface area contributed by atoms with Crippen molar-refractivity contribution < 1.29 is 23.2 Å². The lowest BCUT2D eigenvalue weighted by Crippen LogP contribution is -2.37. The first kappa shape index (κ1) is 18.2. The smallest absolute Gasteiger partial charge is 0.444 e. The number of halogens is 1. The fourth-order valence-corrected chi connectivity index (χ4v) is 3.55. The largest absolute Gasteiger partial charge is 0.498 e. The van der Waals surface area contributed by atoms with Gasteiger partial charge < -0.3 is 14.0 Å². The zero-order valence-electron chi connectivity index (χ0n) is 14.9. The maximum absolute atomic E-state index is 14.5. The van der Waals surface area contributed by atoms with Gasteiger partial charge in [-0.05, 0) is 58.2 Å². The molecule has 1 aromatic carbocycles. The van der Waals surface area contributed by atoms with E-state index >= 15 is 0 Å². The minimum Gasteiger partial charge on any atom is -0.444 e. The predicted octanol–water partition coefficient (Wildman–Crippen LogP) is 3.91. The molecule has 0 atom stereocenters. The molecule has 0 bridgehead atoms. The van der Waals surface area contributed by atoms with E-state index in [4.69, 9.17) is 14.0 Å². The molecule has 134 valence electrons. The summed E-state index contributed by atoms with van der Waals surface area (Å²) < 4.78 is 32.0. The highest BCUT2D eigenvalue weighted by atomic mass is 32.1. The van der Waals surface area contributed by atoms with Crippen molar-refractivity contribution in [2.75, 3.05) is 11.9 Å². The first-order chi connectivity index (χ1) is 11.5. The Morgan fingerprint density at radius 2 is 2.12 bits per heavy atom. The summed E-state index contributed by atoms with van der Waals surface area (Å²) in [6.45, 7) is 9.56. The number of anilines is 1. The summed E-state index contributed by atoms with van der Waals surface area (Å²) in [5.41, 5.74) is -0.696. The zero-order chi connectivity index (χ0) is 18.4. The van der Waals surface area contributed by atoms with Crippen LogP contribution >= 0.6 is 11.3 Å².